The first-order chi connectivity index (χ1) is 11.7. The molecule has 0 heterocycles. The van der Waals surface area contributed by atoms with Gasteiger partial charge in [-0.2, -0.15) is 0 Å². The number of carbonyl (C=O) groups excluding carboxylic acids is 2. The number of carboxylic acids is 1. The summed E-state index contributed by atoms with van der Waals surface area (Å²) in [5, 5.41) is 13.8. The van der Waals surface area contributed by atoms with Gasteiger partial charge in [0, 0.05) is 10.6 Å². The fraction of sp³-hybridized carbons (Fsp3) is 0.263. The highest BCUT2D eigenvalue weighted by molar-refractivity contribution is 6.31. The summed E-state index contributed by atoms with van der Waals surface area (Å²) in [4.78, 5) is 23.1. The number of aromatic carboxylic acids is 1. The number of halogens is 1. The summed E-state index contributed by atoms with van der Waals surface area (Å²) >= 11 is 5.83. The molecule has 0 bridgehead atoms. The third-order valence-electron chi connectivity index (χ3n) is 3.57. The molecule has 0 aromatic heterocycles. The van der Waals surface area contributed by atoms with Crippen LogP contribution in [0.4, 0.5) is 5.69 Å². The molecule has 5 nitrogen and oxygen atoms in total. The summed E-state index contributed by atoms with van der Waals surface area (Å²) in [7, 11) is 0. The number of hydrogen-bond donors (Lipinski definition) is 1. The molecule has 1 N–H and O–H groups in total. The number of carbonyl (C=O) groups is 2. The van der Waals surface area contributed by atoms with Crippen LogP contribution in [-0.2, 0) is 10.2 Å². The van der Waals surface area contributed by atoms with Gasteiger partial charge in [-0.3, -0.25) is 4.79 Å². The van der Waals surface area contributed by atoms with E-state index in [-0.39, 0.29) is 23.3 Å². The predicted octanol–water partition coefficient (Wildman–Crippen LogP) is 3.02. The second-order valence-corrected chi connectivity index (χ2v) is 7.03. The third kappa shape index (κ3) is 5.22. The largest absolute Gasteiger partial charge is 0.545 e. The lowest BCUT2D eigenvalue weighted by molar-refractivity contribution is -0.254. The van der Waals surface area contributed by atoms with Crippen LogP contribution >= 0.6 is 11.6 Å². The molecule has 0 aliphatic rings. The normalized spacial score (nSPS) is 11.0. The Balaban J connectivity index is 2.00. The Labute approximate surface area is 151 Å². The van der Waals surface area contributed by atoms with Gasteiger partial charge >= 0.3 is 0 Å². The smallest absolute Gasteiger partial charge is 0.262 e. The second kappa shape index (κ2) is 7.57. The molecule has 0 radical (unpaired) electrons. The highest BCUT2D eigenvalue weighted by Gasteiger charge is 2.13. The number of amides is 1. The van der Waals surface area contributed by atoms with Gasteiger partial charge in [0.2, 0.25) is 0 Å². The van der Waals surface area contributed by atoms with E-state index in [1.807, 2.05) is 12.1 Å². The van der Waals surface area contributed by atoms with Crippen molar-refractivity contribution >= 4 is 29.2 Å². The van der Waals surface area contributed by atoms with Crippen molar-refractivity contribution in [2.24, 2.45) is 0 Å². The standard InChI is InChI=1S/C19H20ClNO4/c1-19(2,3)12-4-7-14(8-5-12)25-11-17(22)21-16-10-13(20)6-9-15(16)18(23)24/h4-10H,11H2,1-3H3,(H,21,22)(H,23,24)/p-1. The minimum Gasteiger partial charge on any atom is -0.545 e. The predicted molar refractivity (Wildman–Crippen MR) is 95.0 cm³/mol. The average molecular weight is 361 g/mol. The molecule has 0 saturated carbocycles. The molecular weight excluding hydrogens is 342 g/mol. The van der Waals surface area contributed by atoms with E-state index >= 15 is 0 Å². The van der Waals surface area contributed by atoms with Gasteiger partial charge in [0.25, 0.3) is 5.91 Å². The number of rotatable bonds is 5. The van der Waals surface area contributed by atoms with E-state index < -0.39 is 11.9 Å². The van der Waals surface area contributed by atoms with E-state index in [1.165, 1.54) is 18.2 Å². The first-order valence-electron chi connectivity index (χ1n) is 7.71. The second-order valence-electron chi connectivity index (χ2n) is 6.59. The molecule has 0 aliphatic carbocycles. The molecule has 0 saturated heterocycles. The molecule has 25 heavy (non-hydrogen) atoms. The number of benzene rings is 2. The molecule has 2 aromatic carbocycles. The molecule has 1 amide bonds. The van der Waals surface area contributed by atoms with E-state index in [2.05, 4.69) is 26.1 Å². The topological polar surface area (TPSA) is 78.5 Å². The van der Waals surface area contributed by atoms with Crippen molar-refractivity contribution in [3.05, 3.63) is 58.6 Å². The number of nitrogens with one attached hydrogen (secondary N) is 1. The van der Waals surface area contributed by atoms with Crippen LogP contribution in [0.5, 0.6) is 5.75 Å². The summed E-state index contributed by atoms with van der Waals surface area (Å²) in [6.07, 6.45) is 0. The van der Waals surface area contributed by atoms with Crippen LogP contribution in [0.15, 0.2) is 42.5 Å². The molecule has 0 fully saturated rings. The van der Waals surface area contributed by atoms with Gasteiger partial charge in [0.15, 0.2) is 6.61 Å². The Morgan fingerprint density at radius 3 is 2.32 bits per heavy atom. The Morgan fingerprint density at radius 2 is 1.76 bits per heavy atom. The minimum atomic E-state index is -1.40. The van der Waals surface area contributed by atoms with Crippen molar-refractivity contribution in [1.29, 1.82) is 0 Å². The van der Waals surface area contributed by atoms with Crippen molar-refractivity contribution < 1.29 is 19.4 Å². The first-order valence-corrected chi connectivity index (χ1v) is 8.09. The van der Waals surface area contributed by atoms with Crippen LogP contribution in [0.3, 0.4) is 0 Å². The lowest BCUT2D eigenvalue weighted by Gasteiger charge is -2.19. The zero-order valence-corrected chi connectivity index (χ0v) is 15.0. The lowest BCUT2D eigenvalue weighted by atomic mass is 9.87. The molecule has 0 unspecified atom stereocenters. The molecule has 0 atom stereocenters. The van der Waals surface area contributed by atoms with Gasteiger partial charge in [0.1, 0.15) is 5.75 Å². The van der Waals surface area contributed by atoms with Crippen LogP contribution in [0.2, 0.25) is 5.02 Å². The van der Waals surface area contributed by atoms with Crippen LogP contribution in [0, 0.1) is 0 Å². The van der Waals surface area contributed by atoms with E-state index in [0.29, 0.717) is 10.8 Å². The van der Waals surface area contributed by atoms with Gasteiger partial charge in [-0.15, -0.1) is 0 Å². The third-order valence-corrected chi connectivity index (χ3v) is 3.80. The van der Waals surface area contributed by atoms with Gasteiger partial charge in [-0.25, -0.2) is 0 Å². The van der Waals surface area contributed by atoms with Gasteiger partial charge in [-0.1, -0.05) is 44.5 Å². The molecule has 6 heteroatoms. The quantitative estimate of drug-likeness (QED) is 0.889. The Morgan fingerprint density at radius 1 is 1.12 bits per heavy atom. The van der Waals surface area contributed by atoms with Crippen LogP contribution in [0.1, 0.15) is 36.7 Å². The average Bonchev–Trinajstić information content (AvgIpc) is 2.52. The van der Waals surface area contributed by atoms with Gasteiger partial charge < -0.3 is 20.0 Å². The van der Waals surface area contributed by atoms with Crippen LogP contribution in [0.25, 0.3) is 0 Å². The molecule has 0 spiro atoms. The van der Waals surface area contributed by atoms with E-state index in [1.54, 1.807) is 12.1 Å². The van der Waals surface area contributed by atoms with Gasteiger partial charge in [0.05, 0.1) is 11.7 Å². The summed E-state index contributed by atoms with van der Waals surface area (Å²) < 4.78 is 5.43. The van der Waals surface area contributed by atoms with E-state index in [4.69, 9.17) is 16.3 Å². The fourth-order valence-electron chi connectivity index (χ4n) is 2.18. The highest BCUT2D eigenvalue weighted by Crippen LogP contribution is 2.24. The zero-order valence-electron chi connectivity index (χ0n) is 14.3. The fourth-order valence-corrected chi connectivity index (χ4v) is 2.36. The van der Waals surface area contributed by atoms with Crippen molar-refractivity contribution in [3.8, 4) is 5.75 Å². The van der Waals surface area contributed by atoms with Gasteiger partial charge in [-0.05, 0) is 41.3 Å². The lowest BCUT2D eigenvalue weighted by Crippen LogP contribution is -2.26. The Hall–Kier alpha value is -2.53. The van der Waals surface area contributed by atoms with E-state index in [9.17, 15) is 14.7 Å². The maximum Gasteiger partial charge on any atom is 0.262 e. The summed E-state index contributed by atoms with van der Waals surface area (Å²) in [6.45, 7) is 6.07. The minimum absolute atomic E-state index is 0.0315. The van der Waals surface area contributed by atoms with Crippen molar-refractivity contribution in [3.63, 3.8) is 0 Å². The number of anilines is 1. The summed E-state index contributed by atoms with van der Waals surface area (Å²) in [5.41, 5.74) is 1.11. The van der Waals surface area contributed by atoms with Crippen LogP contribution in [-0.4, -0.2) is 18.5 Å². The monoisotopic (exact) mass is 360 g/mol. The number of carboxylic acid groups (broad SMARTS) is 1. The highest BCUT2D eigenvalue weighted by atomic mass is 35.5. The molecule has 2 rings (SSSR count). The maximum atomic E-state index is 12.0. The summed E-state index contributed by atoms with van der Waals surface area (Å²) in [6, 6.07) is 11.5. The summed E-state index contributed by atoms with van der Waals surface area (Å²) in [5.74, 6) is -1.34. The molecule has 2 aromatic rings. The first kappa shape index (κ1) is 18.8. The zero-order chi connectivity index (χ0) is 18.6. The van der Waals surface area contributed by atoms with Crippen molar-refractivity contribution in [1.82, 2.24) is 0 Å². The number of ether oxygens (including phenoxy) is 1. The maximum absolute atomic E-state index is 12.0. The van der Waals surface area contributed by atoms with Crippen molar-refractivity contribution in [2.45, 2.75) is 26.2 Å². The molecular formula is C19H19ClNO4-. The SMILES string of the molecule is CC(C)(C)c1ccc(OCC(=O)Nc2cc(Cl)ccc2C(=O)[O-])cc1. The molecule has 132 valence electrons. The van der Waals surface area contributed by atoms with E-state index in [0.717, 1.165) is 5.56 Å². The number of hydrogen-bond acceptors (Lipinski definition) is 4. The Kier molecular flexibility index (Phi) is 5.69. The molecule has 0 aliphatic heterocycles. The Bertz CT molecular complexity index is 779. The van der Waals surface area contributed by atoms with Crippen molar-refractivity contribution in [2.75, 3.05) is 11.9 Å². The van der Waals surface area contributed by atoms with Crippen LogP contribution < -0.4 is 15.2 Å².